The molecule has 2 rings (SSSR count). The lowest BCUT2D eigenvalue weighted by Crippen LogP contribution is -2.19. The van der Waals surface area contributed by atoms with Gasteiger partial charge in [-0.15, -0.1) is 11.3 Å². The van der Waals surface area contributed by atoms with Gasteiger partial charge in [-0.1, -0.05) is 6.92 Å². The number of hydrogen-bond donors (Lipinski definition) is 0. The van der Waals surface area contributed by atoms with Gasteiger partial charge in [0, 0.05) is 29.7 Å². The van der Waals surface area contributed by atoms with E-state index in [1.165, 1.54) is 27.4 Å². The van der Waals surface area contributed by atoms with E-state index in [1.54, 1.807) is 13.0 Å². The number of thiophene rings is 1. The van der Waals surface area contributed by atoms with Gasteiger partial charge < -0.3 is 18.9 Å². The molecule has 1 aromatic carbocycles. The summed E-state index contributed by atoms with van der Waals surface area (Å²) in [6.45, 7) is 2.06. The van der Waals surface area contributed by atoms with Crippen LogP contribution in [0.15, 0.2) is 12.1 Å². The molecule has 0 N–H and O–H groups in total. The Labute approximate surface area is 154 Å². The number of rotatable bonds is 9. The Morgan fingerprint density at radius 1 is 1.15 bits per heavy atom. The SMILES string of the molecule is COCCOC(=O)[C@@H](C)CC(=O)c1cc2c(F)c(OC)c(OC)cc2s1. The van der Waals surface area contributed by atoms with Gasteiger partial charge in [-0.2, -0.15) is 0 Å². The summed E-state index contributed by atoms with van der Waals surface area (Å²) in [5.41, 5.74) is 0. The van der Waals surface area contributed by atoms with E-state index in [9.17, 15) is 14.0 Å². The first-order valence-electron chi connectivity index (χ1n) is 7.95. The fourth-order valence-corrected chi connectivity index (χ4v) is 3.44. The third-order valence-corrected chi connectivity index (χ3v) is 4.93. The molecular formula is C18H21FO6S. The molecule has 142 valence electrons. The van der Waals surface area contributed by atoms with Crippen LogP contribution in [0, 0.1) is 11.7 Å². The molecule has 2 aromatic rings. The third kappa shape index (κ3) is 4.31. The fourth-order valence-electron chi connectivity index (χ4n) is 2.41. The number of ketones is 1. The quantitative estimate of drug-likeness (QED) is 0.375. The van der Waals surface area contributed by atoms with Crippen molar-refractivity contribution in [3.05, 3.63) is 22.8 Å². The van der Waals surface area contributed by atoms with E-state index in [0.29, 0.717) is 16.2 Å². The monoisotopic (exact) mass is 384 g/mol. The molecule has 0 bridgehead atoms. The number of halogens is 1. The molecule has 8 heteroatoms. The van der Waals surface area contributed by atoms with Crippen molar-refractivity contribution in [1.82, 2.24) is 0 Å². The van der Waals surface area contributed by atoms with Crippen molar-refractivity contribution in [2.75, 3.05) is 34.5 Å². The van der Waals surface area contributed by atoms with Crippen LogP contribution in [0.2, 0.25) is 0 Å². The molecule has 0 spiro atoms. The number of esters is 1. The summed E-state index contributed by atoms with van der Waals surface area (Å²) >= 11 is 1.15. The number of hydrogen-bond acceptors (Lipinski definition) is 7. The molecule has 1 atom stereocenters. The summed E-state index contributed by atoms with van der Waals surface area (Å²) in [6.07, 6.45) is -0.0193. The zero-order valence-corrected chi connectivity index (χ0v) is 15.9. The van der Waals surface area contributed by atoms with Crippen molar-refractivity contribution >= 4 is 33.2 Å². The molecule has 1 heterocycles. The van der Waals surface area contributed by atoms with Crippen LogP contribution >= 0.6 is 11.3 Å². The topological polar surface area (TPSA) is 71.1 Å². The van der Waals surface area contributed by atoms with Gasteiger partial charge >= 0.3 is 5.97 Å². The van der Waals surface area contributed by atoms with Gasteiger partial charge in [0.15, 0.2) is 23.1 Å². The number of carbonyl (C=O) groups excluding carboxylic acids is 2. The van der Waals surface area contributed by atoms with Gasteiger partial charge in [0.1, 0.15) is 6.61 Å². The highest BCUT2D eigenvalue weighted by Gasteiger charge is 2.23. The molecule has 0 aliphatic carbocycles. The van der Waals surface area contributed by atoms with Crippen molar-refractivity contribution in [3.63, 3.8) is 0 Å². The van der Waals surface area contributed by atoms with Crippen molar-refractivity contribution in [3.8, 4) is 11.5 Å². The standard InChI is InChI=1S/C18H21FO6S/c1-10(18(21)25-6-5-22-2)7-12(20)15-8-11-14(26-15)9-13(23-3)17(24-4)16(11)19/h8-10H,5-7H2,1-4H3/t10-/m0/s1. The second-order valence-corrected chi connectivity index (χ2v) is 6.72. The van der Waals surface area contributed by atoms with Crippen LogP contribution in [0.1, 0.15) is 23.0 Å². The lowest BCUT2D eigenvalue weighted by Gasteiger charge is -2.09. The summed E-state index contributed by atoms with van der Waals surface area (Å²) in [7, 11) is 4.27. The molecule has 0 unspecified atom stereocenters. The third-order valence-electron chi connectivity index (χ3n) is 3.81. The number of Topliss-reactive ketones (excluding diaryl/α,β-unsaturated/α-hetero) is 1. The normalized spacial score (nSPS) is 12.0. The number of fused-ring (bicyclic) bond motifs is 1. The second-order valence-electron chi connectivity index (χ2n) is 5.64. The number of ether oxygens (including phenoxy) is 4. The predicted molar refractivity (Wildman–Crippen MR) is 95.8 cm³/mol. The Kier molecular flexibility index (Phi) is 6.93. The van der Waals surface area contributed by atoms with E-state index in [4.69, 9.17) is 18.9 Å². The van der Waals surface area contributed by atoms with E-state index in [-0.39, 0.29) is 35.7 Å². The van der Waals surface area contributed by atoms with Crippen LogP contribution in [-0.4, -0.2) is 46.3 Å². The van der Waals surface area contributed by atoms with E-state index in [1.807, 2.05) is 0 Å². The van der Waals surface area contributed by atoms with E-state index >= 15 is 0 Å². The van der Waals surface area contributed by atoms with Gasteiger partial charge in [-0.3, -0.25) is 9.59 Å². The molecule has 0 fully saturated rings. The first-order valence-corrected chi connectivity index (χ1v) is 8.77. The molecule has 0 saturated heterocycles. The minimum Gasteiger partial charge on any atom is -0.493 e. The maximum Gasteiger partial charge on any atom is 0.309 e. The Hall–Kier alpha value is -2.19. The van der Waals surface area contributed by atoms with Crippen LogP contribution in [-0.2, 0) is 14.3 Å². The van der Waals surface area contributed by atoms with Crippen molar-refractivity contribution in [2.24, 2.45) is 5.92 Å². The summed E-state index contributed by atoms with van der Waals surface area (Å²) in [5, 5.41) is 0.284. The molecule has 6 nitrogen and oxygen atoms in total. The van der Waals surface area contributed by atoms with Gasteiger partial charge in [-0.25, -0.2) is 4.39 Å². The summed E-state index contributed by atoms with van der Waals surface area (Å²) < 4.78 is 35.1. The maximum atomic E-state index is 14.6. The average molecular weight is 384 g/mol. The molecule has 0 aliphatic rings. The predicted octanol–water partition coefficient (Wildman–Crippen LogP) is 3.46. The maximum absolute atomic E-state index is 14.6. The Morgan fingerprint density at radius 3 is 2.50 bits per heavy atom. The average Bonchev–Trinajstić information content (AvgIpc) is 3.06. The van der Waals surface area contributed by atoms with Crippen LogP contribution in [0.4, 0.5) is 4.39 Å². The van der Waals surface area contributed by atoms with Crippen molar-refractivity contribution in [1.29, 1.82) is 0 Å². The molecule has 0 saturated carbocycles. The lowest BCUT2D eigenvalue weighted by atomic mass is 10.0. The summed E-state index contributed by atoms with van der Waals surface area (Å²) in [6, 6.07) is 3.10. The Bertz CT molecular complexity index is 801. The van der Waals surface area contributed by atoms with Crippen LogP contribution in [0.3, 0.4) is 0 Å². The summed E-state index contributed by atoms with van der Waals surface area (Å²) in [5.74, 6) is -1.64. The van der Waals surface area contributed by atoms with E-state index in [2.05, 4.69) is 0 Å². The molecule has 26 heavy (non-hydrogen) atoms. The van der Waals surface area contributed by atoms with Crippen molar-refractivity contribution in [2.45, 2.75) is 13.3 Å². The number of methoxy groups -OCH3 is 3. The summed E-state index contributed by atoms with van der Waals surface area (Å²) in [4.78, 5) is 24.7. The van der Waals surface area contributed by atoms with E-state index < -0.39 is 17.7 Å². The van der Waals surface area contributed by atoms with Crippen LogP contribution in [0.5, 0.6) is 11.5 Å². The number of carbonyl (C=O) groups is 2. The van der Waals surface area contributed by atoms with Gasteiger partial charge in [0.05, 0.1) is 31.6 Å². The molecular weight excluding hydrogens is 363 g/mol. The first-order chi connectivity index (χ1) is 12.4. The Morgan fingerprint density at radius 2 is 1.88 bits per heavy atom. The van der Waals surface area contributed by atoms with Gasteiger partial charge in [0.25, 0.3) is 0 Å². The smallest absolute Gasteiger partial charge is 0.309 e. The molecule has 1 aromatic heterocycles. The minimum atomic E-state index is -0.599. The van der Waals surface area contributed by atoms with E-state index in [0.717, 1.165) is 11.3 Å². The molecule has 0 amide bonds. The Balaban J connectivity index is 2.18. The van der Waals surface area contributed by atoms with Crippen LogP contribution < -0.4 is 9.47 Å². The minimum absolute atomic E-state index is 0.00751. The zero-order valence-electron chi connectivity index (χ0n) is 15.1. The second kappa shape index (κ2) is 8.95. The highest BCUT2D eigenvalue weighted by Crippen LogP contribution is 2.40. The highest BCUT2D eigenvalue weighted by molar-refractivity contribution is 7.20. The number of benzene rings is 1. The molecule has 0 aliphatic heterocycles. The zero-order chi connectivity index (χ0) is 19.3. The highest BCUT2D eigenvalue weighted by atomic mass is 32.1. The fraction of sp³-hybridized carbons (Fsp3) is 0.444. The molecule has 0 radical (unpaired) electrons. The van der Waals surface area contributed by atoms with Gasteiger partial charge in [0.2, 0.25) is 0 Å². The largest absolute Gasteiger partial charge is 0.493 e. The first kappa shape index (κ1) is 20.1. The van der Waals surface area contributed by atoms with Gasteiger partial charge in [-0.05, 0) is 6.07 Å². The van der Waals surface area contributed by atoms with Crippen molar-refractivity contribution < 1.29 is 32.9 Å². The lowest BCUT2D eigenvalue weighted by molar-refractivity contribution is -0.149. The van der Waals surface area contributed by atoms with Crippen LogP contribution in [0.25, 0.3) is 10.1 Å².